The summed E-state index contributed by atoms with van der Waals surface area (Å²) in [5, 5.41) is 7.10. The number of fused-ring (bicyclic) bond motifs is 9. The van der Waals surface area contributed by atoms with Crippen LogP contribution < -0.4 is 4.90 Å². The van der Waals surface area contributed by atoms with Crippen LogP contribution in [0.25, 0.3) is 76.9 Å². The Kier molecular flexibility index (Phi) is 8.47. The minimum atomic E-state index is -0.498. The molecule has 0 saturated carbocycles. The maximum atomic E-state index is 6.55. The normalized spacial score (nSPS) is 12.7. The second-order valence-corrected chi connectivity index (χ2v) is 17.1. The molecule has 0 aliphatic heterocycles. The largest absolute Gasteiger partial charge is 0.455 e. The maximum Gasteiger partial charge on any atom is 0.143 e. The van der Waals surface area contributed by atoms with Crippen molar-refractivity contribution >= 4 is 60.5 Å². The lowest BCUT2D eigenvalue weighted by Gasteiger charge is -2.34. The summed E-state index contributed by atoms with van der Waals surface area (Å²) in [6.45, 7) is 0. The molecule has 0 N–H and O–H groups in total. The van der Waals surface area contributed by atoms with Crippen molar-refractivity contribution in [2.75, 3.05) is 4.90 Å². The number of nitrogens with zero attached hydrogens (tertiary/aromatic N) is 1. The summed E-state index contributed by atoms with van der Waals surface area (Å²) in [5.41, 5.74) is 16.7. The third-order valence-electron chi connectivity index (χ3n) is 13.7. The molecule has 0 atom stereocenters. The zero-order valence-corrected chi connectivity index (χ0v) is 35.5. The van der Waals surface area contributed by atoms with Crippen molar-refractivity contribution in [2.24, 2.45) is 0 Å². The Morgan fingerprint density at radius 3 is 1.57 bits per heavy atom. The molecule has 13 rings (SSSR count). The SMILES string of the molecule is c1ccc(-c2c(N(c3ccc(-c4cccc5c4oc4ccccc45)cc3)c3ccc4c(c3)-c3ccccc3C4(c3ccccc3)c3ccccc3)c3ccccc3c3ccccc23)cc1. The van der Waals surface area contributed by atoms with Gasteiger partial charge in [0.05, 0.1) is 11.1 Å². The van der Waals surface area contributed by atoms with Gasteiger partial charge in [0.2, 0.25) is 0 Å². The first-order valence-corrected chi connectivity index (χ1v) is 22.4. The van der Waals surface area contributed by atoms with E-state index in [1.165, 1.54) is 66.1 Å². The van der Waals surface area contributed by atoms with Crippen LogP contribution in [-0.4, -0.2) is 0 Å². The summed E-state index contributed by atoms with van der Waals surface area (Å²) in [5.74, 6) is 0. The number of hydrogen-bond acceptors (Lipinski definition) is 2. The molecule has 0 bridgehead atoms. The predicted molar refractivity (Wildman–Crippen MR) is 272 cm³/mol. The van der Waals surface area contributed by atoms with E-state index in [0.717, 1.165) is 50.1 Å². The fraction of sp³-hybridized carbons (Fsp3) is 0.0159. The van der Waals surface area contributed by atoms with Gasteiger partial charge in [-0.05, 0) is 91.0 Å². The van der Waals surface area contributed by atoms with Crippen molar-refractivity contribution in [3.05, 3.63) is 271 Å². The first-order chi connectivity index (χ1) is 32.3. The van der Waals surface area contributed by atoms with Gasteiger partial charge >= 0.3 is 0 Å². The van der Waals surface area contributed by atoms with Gasteiger partial charge in [-0.1, -0.05) is 218 Å². The number of para-hydroxylation sites is 2. The molecule has 12 aromatic rings. The predicted octanol–water partition coefficient (Wildman–Crippen LogP) is 17.1. The standard InChI is InChI=1S/C63H41NO/c1-4-19-43(20-5-1)60-53-29-12-10-25-49(53)50-26-11-13-30-54(50)61(60)64(46-37-35-42(36-38-46)48-31-18-32-55-52-28-15-17-34-59(52)65-62(48)55)47-39-40-58-56(41-47)51-27-14-16-33-57(51)63(58,44-21-6-2-7-22-44)45-23-8-3-9-24-45/h1-41H. The Morgan fingerprint density at radius 1 is 0.323 bits per heavy atom. The Hall–Kier alpha value is -8.46. The first kappa shape index (κ1) is 37.1. The number of rotatable bonds is 7. The van der Waals surface area contributed by atoms with Crippen LogP contribution in [0.1, 0.15) is 22.3 Å². The van der Waals surface area contributed by atoms with Gasteiger partial charge in [0.25, 0.3) is 0 Å². The fourth-order valence-electron chi connectivity index (χ4n) is 11.0. The highest BCUT2D eigenvalue weighted by molar-refractivity contribution is 6.22. The quantitative estimate of drug-likeness (QED) is 0.149. The van der Waals surface area contributed by atoms with Gasteiger partial charge in [-0.2, -0.15) is 0 Å². The van der Waals surface area contributed by atoms with Crippen LogP contribution in [0.5, 0.6) is 0 Å². The van der Waals surface area contributed by atoms with Crippen molar-refractivity contribution in [3.8, 4) is 33.4 Å². The molecule has 1 aromatic heterocycles. The lowest BCUT2D eigenvalue weighted by molar-refractivity contribution is 0.670. The molecule has 1 aliphatic carbocycles. The molecule has 0 saturated heterocycles. The average molecular weight is 828 g/mol. The van der Waals surface area contributed by atoms with Gasteiger partial charge in [0, 0.05) is 38.7 Å². The smallest absolute Gasteiger partial charge is 0.143 e. The monoisotopic (exact) mass is 827 g/mol. The third-order valence-corrected chi connectivity index (χ3v) is 13.7. The van der Waals surface area contributed by atoms with E-state index < -0.39 is 5.41 Å². The van der Waals surface area contributed by atoms with E-state index in [0.29, 0.717) is 0 Å². The topological polar surface area (TPSA) is 16.4 Å². The third kappa shape index (κ3) is 5.60. The van der Waals surface area contributed by atoms with Crippen molar-refractivity contribution in [1.29, 1.82) is 0 Å². The summed E-state index contributed by atoms with van der Waals surface area (Å²) in [7, 11) is 0. The average Bonchev–Trinajstić information content (AvgIpc) is 3.91. The van der Waals surface area contributed by atoms with Crippen LogP contribution in [-0.2, 0) is 5.41 Å². The Bertz CT molecular complexity index is 3720. The molecular weight excluding hydrogens is 787 g/mol. The molecule has 0 unspecified atom stereocenters. The molecule has 2 heteroatoms. The molecule has 304 valence electrons. The van der Waals surface area contributed by atoms with E-state index in [9.17, 15) is 0 Å². The number of anilines is 3. The van der Waals surface area contributed by atoms with Gasteiger partial charge in [-0.3, -0.25) is 0 Å². The van der Waals surface area contributed by atoms with Crippen LogP contribution >= 0.6 is 0 Å². The summed E-state index contributed by atoms with van der Waals surface area (Å²) < 4.78 is 6.55. The van der Waals surface area contributed by atoms with Crippen LogP contribution in [0.15, 0.2) is 253 Å². The Balaban J connectivity index is 1.10. The zero-order chi connectivity index (χ0) is 42.9. The molecule has 0 amide bonds. The molecule has 0 spiro atoms. The first-order valence-electron chi connectivity index (χ1n) is 22.4. The van der Waals surface area contributed by atoms with Gasteiger partial charge in [-0.15, -0.1) is 0 Å². The summed E-state index contributed by atoms with van der Waals surface area (Å²) in [4.78, 5) is 2.51. The Labute approximate surface area is 377 Å². The molecule has 2 nitrogen and oxygen atoms in total. The molecule has 11 aromatic carbocycles. The van der Waals surface area contributed by atoms with Crippen LogP contribution in [0.2, 0.25) is 0 Å². The Morgan fingerprint density at radius 2 is 0.846 bits per heavy atom. The summed E-state index contributed by atoms with van der Waals surface area (Å²) in [6.07, 6.45) is 0. The van der Waals surface area contributed by atoms with Crippen molar-refractivity contribution in [1.82, 2.24) is 0 Å². The maximum absolute atomic E-state index is 6.55. The molecule has 65 heavy (non-hydrogen) atoms. The van der Waals surface area contributed by atoms with Crippen molar-refractivity contribution in [3.63, 3.8) is 0 Å². The number of furan rings is 1. The second kappa shape index (κ2) is 14.8. The molecule has 0 fully saturated rings. The second-order valence-electron chi connectivity index (χ2n) is 17.1. The molecule has 1 aliphatic rings. The van der Waals surface area contributed by atoms with Gasteiger partial charge < -0.3 is 9.32 Å². The highest BCUT2D eigenvalue weighted by Crippen LogP contribution is 2.58. The summed E-state index contributed by atoms with van der Waals surface area (Å²) >= 11 is 0. The van der Waals surface area contributed by atoms with E-state index in [1.807, 2.05) is 6.07 Å². The summed E-state index contributed by atoms with van der Waals surface area (Å²) in [6, 6.07) is 90.9. The van der Waals surface area contributed by atoms with E-state index in [1.54, 1.807) is 0 Å². The minimum absolute atomic E-state index is 0.498. The van der Waals surface area contributed by atoms with Gasteiger partial charge in [-0.25, -0.2) is 0 Å². The van der Waals surface area contributed by atoms with Crippen molar-refractivity contribution in [2.45, 2.75) is 5.41 Å². The number of benzene rings is 11. The highest BCUT2D eigenvalue weighted by Gasteiger charge is 2.46. The fourth-order valence-corrected chi connectivity index (χ4v) is 11.0. The lowest BCUT2D eigenvalue weighted by Crippen LogP contribution is -2.28. The number of hydrogen-bond donors (Lipinski definition) is 0. The van der Waals surface area contributed by atoms with Gasteiger partial charge in [0.15, 0.2) is 0 Å². The minimum Gasteiger partial charge on any atom is -0.455 e. The van der Waals surface area contributed by atoms with Gasteiger partial charge in [0.1, 0.15) is 11.2 Å². The molecular formula is C63H41NO. The highest BCUT2D eigenvalue weighted by atomic mass is 16.3. The van der Waals surface area contributed by atoms with E-state index in [-0.39, 0.29) is 0 Å². The molecule has 1 heterocycles. The zero-order valence-electron chi connectivity index (χ0n) is 35.5. The van der Waals surface area contributed by atoms with Crippen LogP contribution in [0.4, 0.5) is 17.1 Å². The van der Waals surface area contributed by atoms with Crippen LogP contribution in [0, 0.1) is 0 Å². The lowest BCUT2D eigenvalue weighted by atomic mass is 9.68. The molecule has 0 radical (unpaired) electrons. The van der Waals surface area contributed by atoms with E-state index >= 15 is 0 Å². The van der Waals surface area contributed by atoms with Crippen molar-refractivity contribution < 1.29 is 4.42 Å². The van der Waals surface area contributed by atoms with E-state index in [2.05, 4.69) is 248 Å². The van der Waals surface area contributed by atoms with Crippen LogP contribution in [0.3, 0.4) is 0 Å². The van der Waals surface area contributed by atoms with E-state index in [4.69, 9.17) is 4.42 Å².